The standard InChI is InChI=1S/C25H23Cl2N3O3/c1-15(28-25(31)16-9-11-22(32-2)23(12-16)33-3)24-29-20-6-4-5-7-21(20)30(24)14-17-8-10-18(26)13-19(17)27/h4-13,15H,14H2,1-3H3,(H,28,31). The molecule has 0 aliphatic heterocycles. The van der Waals surface area contributed by atoms with Crippen molar-refractivity contribution in [2.75, 3.05) is 14.2 Å². The summed E-state index contributed by atoms with van der Waals surface area (Å²) in [4.78, 5) is 17.8. The van der Waals surface area contributed by atoms with Crippen molar-refractivity contribution >= 4 is 40.1 Å². The third-order valence-electron chi connectivity index (χ3n) is 5.41. The molecule has 1 unspecified atom stereocenters. The van der Waals surface area contributed by atoms with Gasteiger partial charge in [0.1, 0.15) is 5.82 Å². The maximum atomic E-state index is 13.0. The van der Waals surface area contributed by atoms with Crippen LogP contribution in [0.15, 0.2) is 60.7 Å². The summed E-state index contributed by atoms with van der Waals surface area (Å²) in [6, 6.07) is 17.9. The molecule has 0 aliphatic rings. The van der Waals surface area contributed by atoms with Crippen LogP contribution in [-0.2, 0) is 6.54 Å². The Kier molecular flexibility index (Phi) is 6.77. The SMILES string of the molecule is COc1ccc(C(=O)NC(C)c2nc3ccccc3n2Cc2ccc(Cl)cc2Cl)cc1OC. The van der Waals surface area contributed by atoms with E-state index in [1.807, 2.05) is 43.3 Å². The summed E-state index contributed by atoms with van der Waals surface area (Å²) in [7, 11) is 3.09. The molecule has 170 valence electrons. The average molecular weight is 484 g/mol. The molecule has 0 saturated heterocycles. The minimum Gasteiger partial charge on any atom is -0.493 e. The molecule has 3 aromatic carbocycles. The van der Waals surface area contributed by atoms with Gasteiger partial charge in [-0.2, -0.15) is 0 Å². The molecule has 1 amide bonds. The Morgan fingerprint density at radius 1 is 1.03 bits per heavy atom. The molecule has 1 N–H and O–H groups in total. The van der Waals surface area contributed by atoms with E-state index in [1.54, 1.807) is 31.4 Å². The summed E-state index contributed by atoms with van der Waals surface area (Å²) in [6.45, 7) is 2.39. The zero-order valence-electron chi connectivity index (χ0n) is 18.4. The molecule has 0 saturated carbocycles. The fourth-order valence-corrected chi connectivity index (χ4v) is 4.20. The van der Waals surface area contributed by atoms with Crippen LogP contribution < -0.4 is 14.8 Å². The minimum atomic E-state index is -0.371. The second-order valence-corrected chi connectivity index (χ2v) is 8.39. The van der Waals surface area contributed by atoms with Crippen LogP contribution in [-0.4, -0.2) is 29.7 Å². The van der Waals surface area contributed by atoms with Gasteiger partial charge in [0.2, 0.25) is 0 Å². The van der Waals surface area contributed by atoms with Gasteiger partial charge in [-0.1, -0.05) is 41.4 Å². The molecule has 33 heavy (non-hydrogen) atoms. The molecule has 4 rings (SSSR count). The monoisotopic (exact) mass is 483 g/mol. The van der Waals surface area contributed by atoms with Gasteiger partial charge in [-0.3, -0.25) is 4.79 Å². The summed E-state index contributed by atoms with van der Waals surface area (Å²) >= 11 is 12.5. The van der Waals surface area contributed by atoms with E-state index in [4.69, 9.17) is 37.7 Å². The summed E-state index contributed by atoms with van der Waals surface area (Å²) in [6.07, 6.45) is 0. The highest BCUT2D eigenvalue weighted by atomic mass is 35.5. The number of fused-ring (bicyclic) bond motifs is 1. The highest BCUT2D eigenvalue weighted by Crippen LogP contribution is 2.29. The van der Waals surface area contributed by atoms with Gasteiger partial charge in [-0.05, 0) is 55.0 Å². The number of methoxy groups -OCH3 is 2. The lowest BCUT2D eigenvalue weighted by atomic mass is 10.1. The number of ether oxygens (including phenoxy) is 2. The van der Waals surface area contributed by atoms with Gasteiger partial charge < -0.3 is 19.4 Å². The van der Waals surface area contributed by atoms with E-state index >= 15 is 0 Å². The fraction of sp³-hybridized carbons (Fsp3) is 0.200. The number of carbonyl (C=O) groups is 1. The Morgan fingerprint density at radius 3 is 2.52 bits per heavy atom. The number of para-hydroxylation sites is 2. The number of nitrogens with one attached hydrogen (secondary N) is 1. The summed E-state index contributed by atoms with van der Waals surface area (Å²) < 4.78 is 12.6. The van der Waals surface area contributed by atoms with Crippen molar-refractivity contribution < 1.29 is 14.3 Å². The van der Waals surface area contributed by atoms with Crippen molar-refractivity contribution in [3.05, 3.63) is 87.7 Å². The number of hydrogen-bond acceptors (Lipinski definition) is 4. The molecule has 8 heteroatoms. The summed E-state index contributed by atoms with van der Waals surface area (Å²) in [5, 5.41) is 4.20. The Bertz CT molecular complexity index is 1320. The van der Waals surface area contributed by atoms with E-state index in [1.165, 1.54) is 7.11 Å². The maximum Gasteiger partial charge on any atom is 0.251 e. The number of carbonyl (C=O) groups excluding carboxylic acids is 1. The zero-order chi connectivity index (χ0) is 23.5. The van der Waals surface area contributed by atoms with Gasteiger partial charge >= 0.3 is 0 Å². The molecule has 1 atom stereocenters. The quantitative estimate of drug-likeness (QED) is 0.355. The minimum absolute atomic E-state index is 0.244. The number of rotatable bonds is 7. The Balaban J connectivity index is 1.66. The molecule has 0 bridgehead atoms. The van der Waals surface area contributed by atoms with Gasteiger partial charge in [-0.25, -0.2) is 4.98 Å². The highest BCUT2D eigenvalue weighted by Gasteiger charge is 2.20. The van der Waals surface area contributed by atoms with Crippen LogP contribution >= 0.6 is 23.2 Å². The molecular weight excluding hydrogens is 461 g/mol. The summed E-state index contributed by atoms with van der Waals surface area (Å²) in [5.41, 5.74) is 3.15. The van der Waals surface area contributed by atoms with Crippen LogP contribution in [0.2, 0.25) is 10.0 Å². The first-order chi connectivity index (χ1) is 15.9. The van der Waals surface area contributed by atoms with E-state index < -0.39 is 0 Å². The van der Waals surface area contributed by atoms with Crippen LogP contribution in [0.5, 0.6) is 11.5 Å². The second-order valence-electron chi connectivity index (χ2n) is 7.55. The molecular formula is C25H23Cl2N3O3. The first kappa shape index (κ1) is 23.0. The van der Waals surface area contributed by atoms with E-state index in [0.717, 1.165) is 22.4 Å². The molecule has 0 radical (unpaired) electrons. The molecule has 1 heterocycles. The van der Waals surface area contributed by atoms with Crippen molar-refractivity contribution in [3.8, 4) is 11.5 Å². The normalized spacial score (nSPS) is 11.9. The number of amides is 1. The van der Waals surface area contributed by atoms with Crippen LogP contribution in [0.3, 0.4) is 0 Å². The van der Waals surface area contributed by atoms with Gasteiger partial charge in [-0.15, -0.1) is 0 Å². The van der Waals surface area contributed by atoms with Crippen molar-refractivity contribution in [1.82, 2.24) is 14.9 Å². The molecule has 0 spiro atoms. The van der Waals surface area contributed by atoms with Crippen LogP contribution in [0, 0.1) is 0 Å². The van der Waals surface area contributed by atoms with Crippen LogP contribution in [0.25, 0.3) is 11.0 Å². The molecule has 4 aromatic rings. The third-order valence-corrected chi connectivity index (χ3v) is 6.00. The maximum absolute atomic E-state index is 13.0. The van der Waals surface area contributed by atoms with E-state index in [2.05, 4.69) is 9.88 Å². The van der Waals surface area contributed by atoms with E-state index in [-0.39, 0.29) is 11.9 Å². The number of hydrogen-bond donors (Lipinski definition) is 1. The van der Waals surface area contributed by atoms with Crippen LogP contribution in [0.4, 0.5) is 0 Å². The van der Waals surface area contributed by atoms with Crippen molar-refractivity contribution in [2.24, 2.45) is 0 Å². The smallest absolute Gasteiger partial charge is 0.251 e. The lowest BCUT2D eigenvalue weighted by Gasteiger charge is -2.17. The summed E-state index contributed by atoms with van der Waals surface area (Å²) in [5.74, 6) is 1.52. The van der Waals surface area contributed by atoms with E-state index in [0.29, 0.717) is 33.7 Å². The average Bonchev–Trinajstić information content (AvgIpc) is 3.18. The third kappa shape index (κ3) is 4.77. The largest absolute Gasteiger partial charge is 0.493 e. The Morgan fingerprint density at radius 2 is 1.79 bits per heavy atom. The zero-order valence-corrected chi connectivity index (χ0v) is 19.9. The number of aromatic nitrogens is 2. The van der Waals surface area contributed by atoms with Crippen molar-refractivity contribution in [2.45, 2.75) is 19.5 Å². The predicted molar refractivity (Wildman–Crippen MR) is 131 cm³/mol. The Hall–Kier alpha value is -3.22. The first-order valence-corrected chi connectivity index (χ1v) is 11.1. The lowest BCUT2D eigenvalue weighted by molar-refractivity contribution is 0.0937. The first-order valence-electron chi connectivity index (χ1n) is 10.3. The highest BCUT2D eigenvalue weighted by molar-refractivity contribution is 6.35. The Labute approximate surface area is 202 Å². The number of nitrogens with zero attached hydrogens (tertiary/aromatic N) is 2. The van der Waals surface area contributed by atoms with Gasteiger partial charge in [0.05, 0.1) is 37.8 Å². The van der Waals surface area contributed by atoms with Crippen molar-refractivity contribution in [1.29, 1.82) is 0 Å². The van der Waals surface area contributed by atoms with Gasteiger partial charge in [0.15, 0.2) is 11.5 Å². The topological polar surface area (TPSA) is 65.4 Å². The molecule has 6 nitrogen and oxygen atoms in total. The molecule has 1 aromatic heterocycles. The fourth-order valence-electron chi connectivity index (χ4n) is 3.73. The lowest BCUT2D eigenvalue weighted by Crippen LogP contribution is -2.29. The molecule has 0 fully saturated rings. The number of imidazole rings is 1. The number of benzene rings is 3. The molecule has 0 aliphatic carbocycles. The van der Waals surface area contributed by atoms with Gasteiger partial charge in [0, 0.05) is 15.6 Å². The van der Waals surface area contributed by atoms with E-state index in [9.17, 15) is 4.79 Å². The number of halogens is 2. The van der Waals surface area contributed by atoms with Crippen molar-refractivity contribution in [3.63, 3.8) is 0 Å². The predicted octanol–water partition coefficient (Wildman–Crippen LogP) is 5.90. The van der Waals surface area contributed by atoms with Crippen LogP contribution in [0.1, 0.15) is 34.7 Å². The van der Waals surface area contributed by atoms with Gasteiger partial charge in [0.25, 0.3) is 5.91 Å². The second kappa shape index (κ2) is 9.73.